The van der Waals surface area contributed by atoms with Crippen molar-refractivity contribution >= 4 is 10.9 Å². The summed E-state index contributed by atoms with van der Waals surface area (Å²) in [7, 11) is 1.67. The van der Waals surface area contributed by atoms with E-state index in [1.807, 2.05) is 19.9 Å². The summed E-state index contributed by atoms with van der Waals surface area (Å²) in [6.45, 7) is 6.53. The van der Waals surface area contributed by atoms with Crippen LogP contribution >= 0.6 is 0 Å². The highest BCUT2D eigenvalue weighted by Crippen LogP contribution is 2.17. The summed E-state index contributed by atoms with van der Waals surface area (Å²) in [5, 5.41) is 0.721. The van der Waals surface area contributed by atoms with Crippen molar-refractivity contribution in [1.82, 2.24) is 9.88 Å². The summed E-state index contributed by atoms with van der Waals surface area (Å²) in [6.07, 6.45) is 0. The van der Waals surface area contributed by atoms with Crippen molar-refractivity contribution in [3.63, 3.8) is 0 Å². The van der Waals surface area contributed by atoms with Gasteiger partial charge in [-0.3, -0.25) is 9.69 Å². The summed E-state index contributed by atoms with van der Waals surface area (Å²) in [5.41, 5.74) is 4.93. The zero-order chi connectivity index (χ0) is 19.4. The van der Waals surface area contributed by atoms with Gasteiger partial charge in [0.25, 0.3) is 0 Å². The third kappa shape index (κ3) is 4.81. The van der Waals surface area contributed by atoms with Crippen molar-refractivity contribution in [3.8, 4) is 0 Å². The van der Waals surface area contributed by atoms with Gasteiger partial charge < -0.3 is 9.72 Å². The first kappa shape index (κ1) is 19.3. The van der Waals surface area contributed by atoms with Gasteiger partial charge in [-0.2, -0.15) is 0 Å². The number of methoxy groups -OCH3 is 1. The van der Waals surface area contributed by atoms with Crippen LogP contribution in [0.2, 0.25) is 0 Å². The maximum absolute atomic E-state index is 13.2. The van der Waals surface area contributed by atoms with E-state index < -0.39 is 0 Å². The molecule has 2 aromatic carbocycles. The first-order chi connectivity index (χ1) is 13.0. The molecule has 1 heterocycles. The molecule has 4 nitrogen and oxygen atoms in total. The molecule has 27 heavy (non-hydrogen) atoms. The molecule has 0 radical (unpaired) electrons. The number of pyridine rings is 1. The molecule has 0 atom stereocenters. The van der Waals surface area contributed by atoms with E-state index in [2.05, 4.69) is 16.0 Å². The lowest BCUT2D eigenvalue weighted by Crippen LogP contribution is -2.27. The van der Waals surface area contributed by atoms with Gasteiger partial charge in [0, 0.05) is 43.9 Å². The van der Waals surface area contributed by atoms with Crippen molar-refractivity contribution in [2.75, 3.05) is 20.3 Å². The van der Waals surface area contributed by atoms with Gasteiger partial charge >= 0.3 is 0 Å². The van der Waals surface area contributed by atoms with Crippen LogP contribution in [0.25, 0.3) is 10.9 Å². The highest BCUT2D eigenvalue weighted by molar-refractivity contribution is 5.82. The minimum Gasteiger partial charge on any atom is -0.383 e. The average Bonchev–Trinajstić information content (AvgIpc) is 2.62. The van der Waals surface area contributed by atoms with Crippen LogP contribution in [0.1, 0.15) is 22.4 Å². The summed E-state index contributed by atoms with van der Waals surface area (Å²) < 4.78 is 18.4. The van der Waals surface area contributed by atoms with Crippen molar-refractivity contribution in [1.29, 1.82) is 0 Å². The van der Waals surface area contributed by atoms with Crippen LogP contribution in [0.3, 0.4) is 0 Å². The van der Waals surface area contributed by atoms with Crippen molar-refractivity contribution < 1.29 is 9.13 Å². The molecule has 0 fully saturated rings. The molecule has 0 saturated carbocycles. The van der Waals surface area contributed by atoms with E-state index in [4.69, 9.17) is 4.74 Å². The fourth-order valence-electron chi connectivity index (χ4n) is 3.37. The van der Waals surface area contributed by atoms with Gasteiger partial charge in [0.1, 0.15) is 5.82 Å². The first-order valence-electron chi connectivity index (χ1n) is 9.05. The summed E-state index contributed by atoms with van der Waals surface area (Å²) in [6, 6.07) is 12.2. The minimum absolute atomic E-state index is 0.0269. The quantitative estimate of drug-likeness (QED) is 0.687. The third-order valence-electron chi connectivity index (χ3n) is 4.66. The standard InChI is InChI=1S/C22H25FN2O2/c1-15-10-16(2)22-20(11-15)21(26)12-19(24-22)14-25(8-9-27-3)13-17-4-6-18(23)7-5-17/h4-7,10-12H,8-9,13-14H2,1-3H3,(H,24,26). The van der Waals surface area contributed by atoms with Crippen LogP contribution in [0.4, 0.5) is 4.39 Å². The number of nitrogens with one attached hydrogen (secondary N) is 1. The lowest BCUT2D eigenvalue weighted by Gasteiger charge is -2.22. The Kier molecular flexibility index (Phi) is 6.04. The number of hydrogen-bond acceptors (Lipinski definition) is 3. The Morgan fingerprint density at radius 2 is 1.81 bits per heavy atom. The van der Waals surface area contributed by atoms with Crippen LogP contribution in [-0.4, -0.2) is 30.1 Å². The second kappa shape index (κ2) is 8.46. The molecule has 0 aliphatic carbocycles. The van der Waals surface area contributed by atoms with Gasteiger partial charge in [-0.1, -0.05) is 18.2 Å². The van der Waals surface area contributed by atoms with Crippen LogP contribution < -0.4 is 5.43 Å². The number of benzene rings is 2. The van der Waals surface area contributed by atoms with E-state index >= 15 is 0 Å². The number of ether oxygens (including phenoxy) is 1. The number of aryl methyl sites for hydroxylation is 2. The third-order valence-corrected chi connectivity index (χ3v) is 4.66. The molecule has 0 aliphatic rings. The van der Waals surface area contributed by atoms with Crippen molar-refractivity contribution in [2.45, 2.75) is 26.9 Å². The van der Waals surface area contributed by atoms with Gasteiger partial charge in [0.05, 0.1) is 12.1 Å². The van der Waals surface area contributed by atoms with Gasteiger partial charge in [0.15, 0.2) is 5.43 Å². The second-order valence-corrected chi connectivity index (χ2v) is 6.99. The topological polar surface area (TPSA) is 45.3 Å². The highest BCUT2D eigenvalue weighted by Gasteiger charge is 2.11. The molecule has 1 N–H and O–H groups in total. The Balaban J connectivity index is 1.88. The largest absolute Gasteiger partial charge is 0.383 e. The normalized spacial score (nSPS) is 11.4. The summed E-state index contributed by atoms with van der Waals surface area (Å²) in [4.78, 5) is 18.2. The maximum atomic E-state index is 13.2. The Labute approximate surface area is 158 Å². The molecule has 0 spiro atoms. The number of rotatable bonds is 7. The molecule has 1 aromatic heterocycles. The molecule has 0 unspecified atom stereocenters. The Morgan fingerprint density at radius 3 is 2.52 bits per heavy atom. The lowest BCUT2D eigenvalue weighted by molar-refractivity contribution is 0.139. The molecule has 5 heteroatoms. The summed E-state index contributed by atoms with van der Waals surface area (Å²) >= 11 is 0. The number of aromatic amines is 1. The molecule has 0 saturated heterocycles. The van der Waals surface area contributed by atoms with Gasteiger partial charge in [0.2, 0.25) is 0 Å². The Bertz CT molecular complexity index is 980. The number of halogens is 1. The predicted octanol–water partition coefficient (Wildman–Crippen LogP) is 3.93. The van der Waals surface area contributed by atoms with Crippen LogP contribution in [0.15, 0.2) is 47.3 Å². The molecular weight excluding hydrogens is 343 g/mol. The van der Waals surface area contributed by atoms with E-state index in [0.29, 0.717) is 26.2 Å². The molecule has 3 rings (SSSR count). The van der Waals surface area contributed by atoms with Crippen LogP contribution in [0, 0.1) is 19.7 Å². The maximum Gasteiger partial charge on any atom is 0.189 e. The van der Waals surface area contributed by atoms with E-state index in [1.165, 1.54) is 12.1 Å². The monoisotopic (exact) mass is 368 g/mol. The van der Waals surface area contributed by atoms with E-state index in [0.717, 1.165) is 33.3 Å². The molecule has 142 valence electrons. The first-order valence-corrected chi connectivity index (χ1v) is 9.05. The van der Waals surface area contributed by atoms with Gasteiger partial charge in [-0.05, 0) is 48.7 Å². The van der Waals surface area contributed by atoms with E-state index in [9.17, 15) is 9.18 Å². The molecular formula is C22H25FN2O2. The van der Waals surface area contributed by atoms with Gasteiger partial charge in [-0.25, -0.2) is 4.39 Å². The number of H-pyrrole nitrogens is 1. The second-order valence-electron chi connectivity index (χ2n) is 6.99. The predicted molar refractivity (Wildman–Crippen MR) is 106 cm³/mol. The zero-order valence-corrected chi connectivity index (χ0v) is 16.0. The smallest absolute Gasteiger partial charge is 0.189 e. The fraction of sp³-hybridized carbons (Fsp3) is 0.318. The highest BCUT2D eigenvalue weighted by atomic mass is 19.1. The molecule has 0 aliphatic heterocycles. The molecule has 0 amide bonds. The molecule has 0 bridgehead atoms. The van der Waals surface area contributed by atoms with Gasteiger partial charge in [-0.15, -0.1) is 0 Å². The van der Waals surface area contributed by atoms with Crippen molar-refractivity contribution in [2.24, 2.45) is 0 Å². The van der Waals surface area contributed by atoms with Crippen LogP contribution in [-0.2, 0) is 17.8 Å². The van der Waals surface area contributed by atoms with E-state index in [-0.39, 0.29) is 11.2 Å². The minimum atomic E-state index is -0.244. The SMILES string of the molecule is COCCN(Cc1ccc(F)cc1)Cc1cc(=O)c2cc(C)cc(C)c2[nH]1. The number of aromatic nitrogens is 1. The van der Waals surface area contributed by atoms with Crippen molar-refractivity contribution in [3.05, 3.63) is 80.9 Å². The Morgan fingerprint density at radius 1 is 1.07 bits per heavy atom. The summed E-state index contributed by atoms with van der Waals surface area (Å²) in [5.74, 6) is -0.244. The number of hydrogen-bond donors (Lipinski definition) is 1. The number of nitrogens with zero attached hydrogens (tertiary/aromatic N) is 1. The van der Waals surface area contributed by atoms with Crippen LogP contribution in [0.5, 0.6) is 0 Å². The molecule has 3 aromatic rings. The average molecular weight is 368 g/mol. The fourth-order valence-corrected chi connectivity index (χ4v) is 3.37. The van der Waals surface area contributed by atoms with E-state index in [1.54, 1.807) is 25.3 Å². The zero-order valence-electron chi connectivity index (χ0n) is 16.0. The number of fused-ring (bicyclic) bond motifs is 1. The Hall–Kier alpha value is -2.50. The lowest BCUT2D eigenvalue weighted by atomic mass is 10.1.